The smallest absolute Gasteiger partial charge is 0.131 e. The Bertz CT molecular complexity index is 323. The van der Waals surface area contributed by atoms with Crippen molar-refractivity contribution in [2.24, 2.45) is 5.92 Å². The minimum Gasteiger partial charge on any atom is -0.359 e. The fourth-order valence-electron chi connectivity index (χ4n) is 1.73. The van der Waals surface area contributed by atoms with Gasteiger partial charge in [0.1, 0.15) is 5.82 Å². The highest BCUT2D eigenvalue weighted by atomic mass is 79.9. The van der Waals surface area contributed by atoms with E-state index in [4.69, 9.17) is 0 Å². The number of pyridine rings is 1. The molecule has 0 atom stereocenters. The number of aromatic nitrogens is 1. The summed E-state index contributed by atoms with van der Waals surface area (Å²) in [7, 11) is 2.10. The number of nitrogens with zero attached hydrogens (tertiary/aromatic N) is 2. The van der Waals surface area contributed by atoms with Crippen molar-refractivity contribution >= 4 is 21.7 Å². The molecular formula is C12H19BrN2. The van der Waals surface area contributed by atoms with E-state index in [2.05, 4.69) is 59.7 Å². The molecule has 1 aromatic rings. The number of aryl methyl sites for hydroxylation is 1. The topological polar surface area (TPSA) is 16.1 Å². The molecule has 0 aliphatic rings. The van der Waals surface area contributed by atoms with Crippen LogP contribution in [0, 0.1) is 12.8 Å². The highest BCUT2D eigenvalue weighted by Crippen LogP contribution is 2.18. The van der Waals surface area contributed by atoms with Gasteiger partial charge >= 0.3 is 0 Å². The van der Waals surface area contributed by atoms with Crippen LogP contribution in [0.25, 0.3) is 0 Å². The second kappa shape index (κ2) is 5.50. The lowest BCUT2D eigenvalue weighted by Crippen LogP contribution is -2.24. The molecule has 15 heavy (non-hydrogen) atoms. The monoisotopic (exact) mass is 270 g/mol. The van der Waals surface area contributed by atoms with Gasteiger partial charge in [0.05, 0.1) is 0 Å². The van der Waals surface area contributed by atoms with E-state index in [1.54, 1.807) is 0 Å². The van der Waals surface area contributed by atoms with Gasteiger partial charge in [-0.2, -0.15) is 0 Å². The third kappa shape index (κ3) is 3.49. The summed E-state index contributed by atoms with van der Waals surface area (Å²) in [6, 6.07) is 2.19. The summed E-state index contributed by atoms with van der Waals surface area (Å²) in [5.74, 6) is 1.75. The first-order valence-corrected chi connectivity index (χ1v) is 6.39. The molecule has 0 amide bonds. The minimum absolute atomic E-state index is 0.659. The van der Waals surface area contributed by atoms with Crippen LogP contribution in [0.5, 0.6) is 0 Å². The van der Waals surface area contributed by atoms with Gasteiger partial charge in [0.25, 0.3) is 0 Å². The summed E-state index contributed by atoms with van der Waals surface area (Å²) in [5.41, 5.74) is 2.48. The Labute approximate surface area is 101 Å². The lowest BCUT2D eigenvalue weighted by atomic mass is 10.2. The van der Waals surface area contributed by atoms with Crippen LogP contribution in [-0.4, -0.2) is 18.6 Å². The van der Waals surface area contributed by atoms with E-state index in [1.165, 1.54) is 11.1 Å². The van der Waals surface area contributed by atoms with Crippen molar-refractivity contribution in [2.45, 2.75) is 26.1 Å². The van der Waals surface area contributed by atoms with Gasteiger partial charge in [-0.1, -0.05) is 35.8 Å². The number of halogens is 1. The molecular weight excluding hydrogens is 252 g/mol. The summed E-state index contributed by atoms with van der Waals surface area (Å²) in [4.78, 5) is 6.72. The van der Waals surface area contributed by atoms with Crippen molar-refractivity contribution in [1.29, 1.82) is 0 Å². The van der Waals surface area contributed by atoms with Gasteiger partial charge in [-0.3, -0.25) is 0 Å². The Balaban J connectivity index is 2.85. The van der Waals surface area contributed by atoms with Gasteiger partial charge in [-0.05, 0) is 24.0 Å². The average Bonchev–Trinajstić information content (AvgIpc) is 2.16. The molecule has 0 unspecified atom stereocenters. The van der Waals surface area contributed by atoms with Crippen molar-refractivity contribution < 1.29 is 0 Å². The molecule has 1 heterocycles. The molecule has 0 aromatic carbocycles. The maximum absolute atomic E-state index is 4.50. The molecule has 0 radical (unpaired) electrons. The summed E-state index contributed by atoms with van der Waals surface area (Å²) < 4.78 is 0. The zero-order valence-electron chi connectivity index (χ0n) is 9.92. The third-order valence-corrected chi connectivity index (χ3v) is 2.91. The zero-order valence-corrected chi connectivity index (χ0v) is 11.5. The first-order valence-electron chi connectivity index (χ1n) is 5.27. The predicted molar refractivity (Wildman–Crippen MR) is 69.7 cm³/mol. The van der Waals surface area contributed by atoms with Gasteiger partial charge in [0.15, 0.2) is 0 Å². The lowest BCUT2D eigenvalue weighted by Gasteiger charge is -2.22. The molecule has 84 valence electrons. The van der Waals surface area contributed by atoms with E-state index < -0.39 is 0 Å². The van der Waals surface area contributed by atoms with Crippen LogP contribution in [0.4, 0.5) is 5.82 Å². The van der Waals surface area contributed by atoms with Gasteiger partial charge in [-0.15, -0.1) is 0 Å². The fourth-order valence-corrected chi connectivity index (χ4v) is 2.04. The summed E-state index contributed by atoms with van der Waals surface area (Å²) >= 11 is 3.44. The van der Waals surface area contributed by atoms with Crippen LogP contribution in [-0.2, 0) is 5.33 Å². The third-order valence-electron chi connectivity index (χ3n) is 2.26. The molecule has 0 saturated carbocycles. The summed E-state index contributed by atoms with van der Waals surface area (Å²) in [5, 5.41) is 0.870. The SMILES string of the molecule is Cc1cc(CBr)cnc1N(C)CC(C)C. The van der Waals surface area contributed by atoms with Gasteiger partial charge in [-0.25, -0.2) is 4.98 Å². The Kier molecular flexibility index (Phi) is 4.58. The molecule has 0 aliphatic carbocycles. The number of hydrogen-bond donors (Lipinski definition) is 0. The van der Waals surface area contributed by atoms with Gasteiger partial charge in [0, 0.05) is 25.1 Å². The molecule has 2 nitrogen and oxygen atoms in total. The van der Waals surface area contributed by atoms with E-state index in [1.807, 2.05) is 6.20 Å². The maximum Gasteiger partial charge on any atom is 0.131 e. The highest BCUT2D eigenvalue weighted by Gasteiger charge is 2.08. The molecule has 0 saturated heterocycles. The standard InChI is InChI=1S/C12H19BrN2/c1-9(2)8-15(4)12-10(3)5-11(6-13)7-14-12/h5,7,9H,6,8H2,1-4H3. The van der Waals surface area contributed by atoms with Crippen LogP contribution in [0.3, 0.4) is 0 Å². The maximum atomic E-state index is 4.50. The van der Waals surface area contributed by atoms with Gasteiger partial charge in [0.2, 0.25) is 0 Å². The second-order valence-electron chi connectivity index (χ2n) is 4.39. The van der Waals surface area contributed by atoms with Crippen molar-refractivity contribution in [3.63, 3.8) is 0 Å². The minimum atomic E-state index is 0.659. The molecule has 0 aliphatic heterocycles. The van der Waals surface area contributed by atoms with E-state index in [0.717, 1.165) is 17.7 Å². The number of rotatable bonds is 4. The molecule has 0 bridgehead atoms. The Morgan fingerprint density at radius 1 is 1.47 bits per heavy atom. The normalized spacial score (nSPS) is 10.8. The first kappa shape index (κ1) is 12.5. The highest BCUT2D eigenvalue weighted by molar-refractivity contribution is 9.08. The molecule has 1 rings (SSSR count). The van der Waals surface area contributed by atoms with Crippen LogP contribution in [0.1, 0.15) is 25.0 Å². The van der Waals surface area contributed by atoms with Crippen LogP contribution < -0.4 is 4.90 Å². The van der Waals surface area contributed by atoms with Crippen molar-refractivity contribution in [3.05, 3.63) is 23.4 Å². The van der Waals surface area contributed by atoms with Crippen molar-refractivity contribution in [2.75, 3.05) is 18.5 Å². The largest absolute Gasteiger partial charge is 0.359 e. The zero-order chi connectivity index (χ0) is 11.4. The Morgan fingerprint density at radius 3 is 2.60 bits per heavy atom. The predicted octanol–water partition coefficient (Wildman–Crippen LogP) is 3.38. The van der Waals surface area contributed by atoms with Crippen LogP contribution in [0.2, 0.25) is 0 Å². The fraction of sp³-hybridized carbons (Fsp3) is 0.583. The molecule has 3 heteroatoms. The molecule has 0 fully saturated rings. The van der Waals surface area contributed by atoms with Gasteiger partial charge < -0.3 is 4.90 Å². The Morgan fingerprint density at radius 2 is 2.13 bits per heavy atom. The molecule has 1 aromatic heterocycles. The lowest BCUT2D eigenvalue weighted by molar-refractivity contribution is 0.633. The van der Waals surface area contributed by atoms with Crippen molar-refractivity contribution in [3.8, 4) is 0 Å². The quantitative estimate of drug-likeness (QED) is 0.780. The van der Waals surface area contributed by atoms with E-state index in [9.17, 15) is 0 Å². The summed E-state index contributed by atoms with van der Waals surface area (Å²) in [6.07, 6.45) is 1.94. The van der Waals surface area contributed by atoms with Crippen LogP contribution >= 0.6 is 15.9 Å². The van der Waals surface area contributed by atoms with Crippen molar-refractivity contribution in [1.82, 2.24) is 4.98 Å². The average molecular weight is 271 g/mol. The number of anilines is 1. The molecule has 0 spiro atoms. The van der Waals surface area contributed by atoms with Crippen LogP contribution in [0.15, 0.2) is 12.3 Å². The molecule has 0 N–H and O–H groups in total. The number of alkyl halides is 1. The van der Waals surface area contributed by atoms with E-state index in [0.29, 0.717) is 5.92 Å². The number of hydrogen-bond acceptors (Lipinski definition) is 2. The van der Waals surface area contributed by atoms with E-state index >= 15 is 0 Å². The second-order valence-corrected chi connectivity index (χ2v) is 4.95. The Hall–Kier alpha value is -0.570. The van der Waals surface area contributed by atoms with E-state index in [-0.39, 0.29) is 0 Å². The summed E-state index contributed by atoms with van der Waals surface area (Å²) in [6.45, 7) is 7.60. The first-order chi connectivity index (χ1) is 7.04.